The highest BCUT2D eigenvalue weighted by Gasteiger charge is 2.44. The van der Waals surface area contributed by atoms with Crippen LogP contribution in [0.1, 0.15) is 44.0 Å². The first kappa shape index (κ1) is 29.4. The van der Waals surface area contributed by atoms with Crippen LogP contribution >= 0.6 is 0 Å². The number of carbonyl (C=O) groups excluding carboxylic acids is 2. The number of hydrogen-bond acceptors (Lipinski definition) is 8. The van der Waals surface area contributed by atoms with Gasteiger partial charge in [0.15, 0.2) is 5.65 Å². The van der Waals surface area contributed by atoms with E-state index in [1.54, 1.807) is 59.2 Å². The Hall–Kier alpha value is -5.35. The fourth-order valence-corrected chi connectivity index (χ4v) is 6.56. The molecule has 2 saturated heterocycles. The second-order valence-electron chi connectivity index (χ2n) is 11.9. The summed E-state index contributed by atoms with van der Waals surface area (Å²) in [7, 11) is 1.34. The predicted octanol–water partition coefficient (Wildman–Crippen LogP) is 4.27. The van der Waals surface area contributed by atoms with Crippen LogP contribution in [0, 0.1) is 6.92 Å². The number of nitrogens with zero attached hydrogens (tertiary/aromatic N) is 5. The normalized spacial score (nSPS) is 17.4. The fourth-order valence-electron chi connectivity index (χ4n) is 6.56. The monoisotopic (exact) mass is 614 g/mol. The van der Waals surface area contributed by atoms with Crippen molar-refractivity contribution in [3.8, 4) is 5.69 Å². The first-order valence-electron chi connectivity index (χ1n) is 15.4. The van der Waals surface area contributed by atoms with Crippen LogP contribution < -0.4 is 15.8 Å². The second kappa shape index (κ2) is 12.2. The Labute approximate surface area is 266 Å². The van der Waals surface area contributed by atoms with Gasteiger partial charge in [-0.05, 0) is 66.9 Å². The average Bonchev–Trinajstić information content (AvgIpc) is 3.68. The molecule has 0 aliphatic carbocycles. The second-order valence-corrected chi connectivity index (χ2v) is 11.9. The van der Waals surface area contributed by atoms with E-state index in [9.17, 15) is 14.4 Å². The summed E-state index contributed by atoms with van der Waals surface area (Å²) in [5.41, 5.74) is 4.84. The number of piperazine rings is 1. The molecule has 0 radical (unpaired) electrons. The van der Waals surface area contributed by atoms with Crippen molar-refractivity contribution in [3.05, 3.63) is 129 Å². The number of benzene rings is 3. The van der Waals surface area contributed by atoms with E-state index in [2.05, 4.69) is 39.4 Å². The molecule has 1 N–H and O–H groups in total. The van der Waals surface area contributed by atoms with Gasteiger partial charge in [0.05, 0.1) is 24.1 Å². The van der Waals surface area contributed by atoms with Crippen LogP contribution in [0.25, 0.3) is 16.7 Å². The standard InChI is InChI=1S/C36H34N6O4/c1-23-31-16-17-32(43)42(28-14-12-26(13-15-28)34(44)37-19-24-8-10-27(11-9-24)35(45)46-2)33(31)39-36(38-23)41-22-29-18-30(41)21-40(29)20-25-6-4-3-5-7-25/h3-17,29-30H,18-22H2,1-2H3,(H,37,44). The highest BCUT2D eigenvalue weighted by atomic mass is 16.5. The number of amides is 1. The van der Waals surface area contributed by atoms with E-state index in [-0.39, 0.29) is 11.5 Å². The Balaban J connectivity index is 1.09. The molecule has 5 aromatic rings. The Morgan fingerprint density at radius 3 is 2.28 bits per heavy atom. The van der Waals surface area contributed by atoms with Crippen molar-refractivity contribution >= 4 is 28.9 Å². The number of esters is 1. The van der Waals surface area contributed by atoms with Gasteiger partial charge >= 0.3 is 5.97 Å². The summed E-state index contributed by atoms with van der Waals surface area (Å²) in [6, 6.07) is 28.4. The lowest BCUT2D eigenvalue weighted by atomic mass is 10.1. The topological polar surface area (TPSA) is 110 Å². The number of aryl methyl sites for hydroxylation is 1. The minimum Gasteiger partial charge on any atom is -0.465 e. The van der Waals surface area contributed by atoms with Gasteiger partial charge in [0.2, 0.25) is 5.95 Å². The van der Waals surface area contributed by atoms with E-state index in [1.807, 2.05) is 13.0 Å². The first-order valence-corrected chi connectivity index (χ1v) is 15.4. The first-order chi connectivity index (χ1) is 22.4. The number of anilines is 1. The number of ether oxygens (including phenoxy) is 1. The SMILES string of the molecule is COC(=O)c1ccc(CNC(=O)c2ccc(-n3c(=O)ccc4c(C)nc(N5CC6CC5CN6Cc5ccccc5)nc43)cc2)cc1. The zero-order valence-corrected chi connectivity index (χ0v) is 25.7. The third-order valence-corrected chi connectivity index (χ3v) is 8.98. The highest BCUT2D eigenvalue weighted by Crippen LogP contribution is 2.35. The molecule has 7 rings (SSSR count). The zero-order chi connectivity index (χ0) is 31.8. The summed E-state index contributed by atoms with van der Waals surface area (Å²) >= 11 is 0. The lowest BCUT2D eigenvalue weighted by Gasteiger charge is -2.34. The highest BCUT2D eigenvalue weighted by molar-refractivity contribution is 5.94. The van der Waals surface area contributed by atoms with Gasteiger partial charge < -0.3 is 15.0 Å². The van der Waals surface area contributed by atoms with Gasteiger partial charge in [-0.1, -0.05) is 42.5 Å². The van der Waals surface area contributed by atoms with Crippen LogP contribution in [0.2, 0.25) is 0 Å². The summed E-state index contributed by atoms with van der Waals surface area (Å²) in [5, 5.41) is 3.70. The Bertz CT molecular complexity index is 1980. The van der Waals surface area contributed by atoms with Crippen LogP contribution in [0.15, 0.2) is 95.8 Å². The van der Waals surface area contributed by atoms with Crippen molar-refractivity contribution in [3.63, 3.8) is 0 Å². The molecular formula is C36H34N6O4. The van der Waals surface area contributed by atoms with Crippen molar-refractivity contribution in [2.24, 2.45) is 0 Å². The molecule has 4 heterocycles. The van der Waals surface area contributed by atoms with Crippen LogP contribution in [-0.2, 0) is 17.8 Å². The molecule has 0 spiro atoms. The molecule has 2 bridgehead atoms. The summed E-state index contributed by atoms with van der Waals surface area (Å²) in [6.07, 6.45) is 1.07. The predicted molar refractivity (Wildman–Crippen MR) is 175 cm³/mol. The average molecular weight is 615 g/mol. The van der Waals surface area contributed by atoms with Gasteiger partial charge in [-0.25, -0.2) is 9.78 Å². The third-order valence-electron chi connectivity index (χ3n) is 8.98. The fraction of sp³-hybridized carbons (Fsp3) is 0.250. The maximum absolute atomic E-state index is 13.3. The summed E-state index contributed by atoms with van der Waals surface area (Å²) in [4.78, 5) is 52.5. The quantitative estimate of drug-likeness (QED) is 0.258. The number of aromatic nitrogens is 3. The third kappa shape index (κ3) is 5.63. The number of hydrogen-bond donors (Lipinski definition) is 1. The van der Waals surface area contributed by atoms with Crippen LogP contribution in [0.3, 0.4) is 0 Å². The lowest BCUT2D eigenvalue weighted by Crippen LogP contribution is -2.46. The molecule has 232 valence electrons. The summed E-state index contributed by atoms with van der Waals surface area (Å²) in [5.74, 6) is -0.0146. The van der Waals surface area contributed by atoms with Crippen LogP contribution in [0.4, 0.5) is 5.95 Å². The number of nitrogens with one attached hydrogen (secondary N) is 1. The summed E-state index contributed by atoms with van der Waals surface area (Å²) < 4.78 is 6.32. The van der Waals surface area contributed by atoms with Crippen LogP contribution in [0.5, 0.6) is 0 Å². The number of rotatable bonds is 8. The Morgan fingerprint density at radius 1 is 0.848 bits per heavy atom. The van der Waals surface area contributed by atoms with Crippen molar-refractivity contribution < 1.29 is 14.3 Å². The van der Waals surface area contributed by atoms with Gasteiger partial charge in [-0.15, -0.1) is 0 Å². The molecule has 2 atom stereocenters. The molecule has 2 aliphatic heterocycles. The van der Waals surface area contributed by atoms with E-state index in [1.165, 1.54) is 18.7 Å². The van der Waals surface area contributed by atoms with Gasteiger partial charge in [-0.2, -0.15) is 4.98 Å². The molecule has 10 nitrogen and oxygen atoms in total. The van der Waals surface area contributed by atoms with Crippen molar-refractivity contribution in [2.45, 2.75) is 38.5 Å². The minimum absolute atomic E-state index is 0.207. The Morgan fingerprint density at radius 2 is 1.59 bits per heavy atom. The smallest absolute Gasteiger partial charge is 0.337 e. The molecule has 1 amide bonds. The minimum atomic E-state index is -0.409. The molecule has 46 heavy (non-hydrogen) atoms. The van der Waals surface area contributed by atoms with Crippen LogP contribution in [-0.4, -0.2) is 63.6 Å². The van der Waals surface area contributed by atoms with E-state index in [0.29, 0.717) is 47.0 Å². The maximum Gasteiger partial charge on any atom is 0.337 e. The Kier molecular flexibility index (Phi) is 7.79. The lowest BCUT2D eigenvalue weighted by molar-refractivity contribution is 0.0600. The van der Waals surface area contributed by atoms with E-state index >= 15 is 0 Å². The molecular weight excluding hydrogens is 580 g/mol. The largest absolute Gasteiger partial charge is 0.465 e. The number of likely N-dealkylation sites (tertiary alicyclic amines) is 1. The van der Waals surface area contributed by atoms with Gasteiger partial charge in [-0.3, -0.25) is 19.1 Å². The number of fused-ring (bicyclic) bond motifs is 3. The van der Waals surface area contributed by atoms with E-state index in [4.69, 9.17) is 14.7 Å². The van der Waals surface area contributed by atoms with Crippen molar-refractivity contribution in [2.75, 3.05) is 25.1 Å². The van der Waals surface area contributed by atoms with Crippen molar-refractivity contribution in [1.29, 1.82) is 0 Å². The van der Waals surface area contributed by atoms with Gasteiger partial charge in [0.25, 0.3) is 11.5 Å². The molecule has 10 heteroatoms. The number of pyridine rings is 1. The molecule has 2 aromatic heterocycles. The molecule has 2 fully saturated rings. The van der Waals surface area contributed by atoms with Crippen molar-refractivity contribution in [1.82, 2.24) is 24.8 Å². The van der Waals surface area contributed by atoms with Gasteiger partial charge in [0.1, 0.15) is 0 Å². The van der Waals surface area contributed by atoms with Gasteiger partial charge in [0, 0.05) is 55.3 Å². The number of carbonyl (C=O) groups is 2. The number of methoxy groups -OCH3 is 1. The zero-order valence-electron chi connectivity index (χ0n) is 25.7. The summed E-state index contributed by atoms with van der Waals surface area (Å²) in [6.45, 7) is 4.98. The molecule has 0 saturated carbocycles. The van der Waals surface area contributed by atoms with E-state index in [0.717, 1.165) is 42.7 Å². The maximum atomic E-state index is 13.3. The molecule has 2 unspecified atom stereocenters. The molecule has 2 aliphatic rings. The molecule has 3 aromatic carbocycles. The van der Waals surface area contributed by atoms with E-state index < -0.39 is 5.97 Å².